The SMILES string of the molecule is C[C@@H](CN1CCOCC1)C(=O)N1C[C@H]2CC[C@@H](C1)C2N. The van der Waals surface area contributed by atoms with Crippen molar-refractivity contribution in [2.24, 2.45) is 23.5 Å². The van der Waals surface area contributed by atoms with Crippen LogP contribution in [0, 0.1) is 17.8 Å². The van der Waals surface area contributed by atoms with Gasteiger partial charge in [-0.1, -0.05) is 6.92 Å². The lowest BCUT2D eigenvalue weighted by atomic mass is 9.92. The summed E-state index contributed by atoms with van der Waals surface area (Å²) in [6.07, 6.45) is 2.40. The van der Waals surface area contributed by atoms with E-state index >= 15 is 0 Å². The molecule has 2 saturated heterocycles. The molecule has 2 heterocycles. The maximum atomic E-state index is 12.6. The van der Waals surface area contributed by atoms with Crippen LogP contribution < -0.4 is 5.73 Å². The number of hydrogen-bond donors (Lipinski definition) is 1. The predicted octanol–water partition coefficient (Wildman–Crippen LogP) is 0.150. The fourth-order valence-corrected chi connectivity index (χ4v) is 4.01. The van der Waals surface area contributed by atoms with E-state index in [9.17, 15) is 4.79 Å². The van der Waals surface area contributed by atoms with Gasteiger partial charge in [0.05, 0.1) is 13.2 Å². The van der Waals surface area contributed by atoms with Crippen LogP contribution in [-0.2, 0) is 9.53 Å². The molecule has 1 aliphatic carbocycles. The lowest BCUT2D eigenvalue weighted by Crippen LogP contribution is -2.53. The number of hydrogen-bond acceptors (Lipinski definition) is 4. The minimum Gasteiger partial charge on any atom is -0.379 e. The van der Waals surface area contributed by atoms with Crippen molar-refractivity contribution in [3.63, 3.8) is 0 Å². The van der Waals surface area contributed by atoms with Gasteiger partial charge in [-0.25, -0.2) is 0 Å². The van der Waals surface area contributed by atoms with E-state index in [0.717, 1.165) is 45.9 Å². The van der Waals surface area contributed by atoms with Crippen LogP contribution in [0.3, 0.4) is 0 Å². The van der Waals surface area contributed by atoms with Crippen LogP contribution in [0.1, 0.15) is 19.8 Å². The van der Waals surface area contributed by atoms with Crippen LogP contribution in [0.25, 0.3) is 0 Å². The minimum atomic E-state index is 0.0850. The first-order chi connectivity index (χ1) is 9.65. The van der Waals surface area contributed by atoms with E-state index in [1.54, 1.807) is 0 Å². The molecular formula is C15H27N3O2. The van der Waals surface area contributed by atoms with Crippen LogP contribution in [0.2, 0.25) is 0 Å². The Bertz CT molecular complexity index is 343. The van der Waals surface area contributed by atoms with E-state index < -0.39 is 0 Å². The highest BCUT2D eigenvalue weighted by Gasteiger charge is 2.41. The summed E-state index contributed by atoms with van der Waals surface area (Å²) in [6.45, 7) is 8.18. The number of nitrogens with two attached hydrogens (primary N) is 1. The van der Waals surface area contributed by atoms with E-state index in [2.05, 4.69) is 16.7 Å². The quantitative estimate of drug-likeness (QED) is 0.800. The third-order valence-electron chi connectivity index (χ3n) is 5.28. The molecule has 20 heavy (non-hydrogen) atoms. The summed E-state index contributed by atoms with van der Waals surface area (Å²) < 4.78 is 5.36. The number of ether oxygens (including phenoxy) is 1. The molecule has 0 radical (unpaired) electrons. The number of carbonyl (C=O) groups is 1. The second kappa shape index (κ2) is 6.00. The fraction of sp³-hybridized carbons (Fsp3) is 0.933. The summed E-state index contributed by atoms with van der Waals surface area (Å²) in [6, 6.07) is 0.327. The van der Waals surface area contributed by atoms with Crippen molar-refractivity contribution in [2.45, 2.75) is 25.8 Å². The van der Waals surface area contributed by atoms with Crippen LogP contribution in [-0.4, -0.2) is 67.7 Å². The summed E-state index contributed by atoms with van der Waals surface area (Å²) in [5, 5.41) is 0. The van der Waals surface area contributed by atoms with Gasteiger partial charge >= 0.3 is 0 Å². The zero-order valence-corrected chi connectivity index (χ0v) is 12.5. The van der Waals surface area contributed by atoms with Gasteiger partial charge in [0.25, 0.3) is 0 Å². The zero-order valence-electron chi connectivity index (χ0n) is 12.5. The highest BCUT2D eigenvalue weighted by Crippen LogP contribution is 2.36. The molecule has 2 bridgehead atoms. The molecule has 0 aromatic carbocycles. The smallest absolute Gasteiger partial charge is 0.226 e. The van der Waals surface area contributed by atoms with Gasteiger partial charge in [-0.2, -0.15) is 0 Å². The number of likely N-dealkylation sites (tertiary alicyclic amines) is 1. The molecule has 4 atom stereocenters. The van der Waals surface area contributed by atoms with E-state index in [-0.39, 0.29) is 5.92 Å². The molecule has 1 saturated carbocycles. The summed E-state index contributed by atoms with van der Waals surface area (Å²) in [5.74, 6) is 1.48. The standard InChI is InChI=1S/C15H27N3O2/c1-11(8-17-4-6-20-7-5-17)15(19)18-9-12-2-3-13(10-18)14(12)16/h11-14H,2-10,16H2,1H3/t11-,12-,13+,14?/m0/s1. The Morgan fingerprint density at radius 3 is 2.45 bits per heavy atom. The molecule has 2 aliphatic heterocycles. The van der Waals surface area contributed by atoms with Crippen molar-refractivity contribution in [1.82, 2.24) is 9.80 Å². The molecule has 3 aliphatic rings. The average Bonchev–Trinajstić information content (AvgIpc) is 2.68. The van der Waals surface area contributed by atoms with E-state index in [0.29, 0.717) is 23.8 Å². The van der Waals surface area contributed by atoms with Gasteiger partial charge in [-0.15, -0.1) is 0 Å². The Morgan fingerprint density at radius 1 is 1.25 bits per heavy atom. The highest BCUT2D eigenvalue weighted by atomic mass is 16.5. The second-order valence-electron chi connectivity index (χ2n) is 6.73. The van der Waals surface area contributed by atoms with Crippen molar-refractivity contribution in [3.05, 3.63) is 0 Å². The van der Waals surface area contributed by atoms with Crippen molar-refractivity contribution in [1.29, 1.82) is 0 Å². The Balaban J connectivity index is 1.53. The molecule has 1 amide bonds. The Labute approximate surface area is 121 Å². The molecule has 0 aromatic heterocycles. The Morgan fingerprint density at radius 2 is 1.85 bits per heavy atom. The fourth-order valence-electron chi connectivity index (χ4n) is 4.01. The molecule has 0 spiro atoms. The molecule has 0 aromatic rings. The summed E-state index contributed by atoms with van der Waals surface area (Å²) in [5.41, 5.74) is 6.21. The Hall–Kier alpha value is -0.650. The monoisotopic (exact) mass is 281 g/mol. The normalized spacial score (nSPS) is 36.1. The van der Waals surface area contributed by atoms with Gasteiger partial charge in [0.1, 0.15) is 0 Å². The minimum absolute atomic E-state index is 0.0850. The van der Waals surface area contributed by atoms with Crippen molar-refractivity contribution in [2.75, 3.05) is 45.9 Å². The number of morpholine rings is 1. The number of nitrogens with zero attached hydrogens (tertiary/aromatic N) is 2. The Kier molecular flexibility index (Phi) is 4.29. The van der Waals surface area contributed by atoms with Crippen molar-refractivity contribution >= 4 is 5.91 Å². The largest absolute Gasteiger partial charge is 0.379 e. The molecule has 3 rings (SSSR count). The second-order valence-corrected chi connectivity index (χ2v) is 6.73. The molecule has 3 fully saturated rings. The van der Waals surface area contributed by atoms with Gasteiger partial charge in [-0.05, 0) is 24.7 Å². The van der Waals surface area contributed by atoms with Crippen LogP contribution in [0.5, 0.6) is 0 Å². The predicted molar refractivity (Wildman–Crippen MR) is 77.2 cm³/mol. The maximum absolute atomic E-state index is 12.6. The first kappa shape index (κ1) is 14.3. The molecule has 2 N–H and O–H groups in total. The lowest BCUT2D eigenvalue weighted by Gasteiger charge is -2.38. The van der Waals surface area contributed by atoms with Crippen LogP contribution in [0.4, 0.5) is 0 Å². The third-order valence-corrected chi connectivity index (χ3v) is 5.28. The maximum Gasteiger partial charge on any atom is 0.226 e. The average molecular weight is 281 g/mol. The summed E-state index contributed by atoms with van der Waals surface area (Å²) in [4.78, 5) is 17.0. The zero-order chi connectivity index (χ0) is 14.1. The topological polar surface area (TPSA) is 58.8 Å². The number of piperidine rings is 1. The lowest BCUT2D eigenvalue weighted by molar-refractivity contribution is -0.138. The number of amides is 1. The van der Waals surface area contributed by atoms with Gasteiger partial charge in [0.15, 0.2) is 0 Å². The third kappa shape index (κ3) is 2.85. The number of rotatable bonds is 3. The number of fused-ring (bicyclic) bond motifs is 2. The molecular weight excluding hydrogens is 254 g/mol. The summed E-state index contributed by atoms with van der Waals surface area (Å²) in [7, 11) is 0. The van der Waals surface area contributed by atoms with Crippen LogP contribution in [0.15, 0.2) is 0 Å². The molecule has 1 unspecified atom stereocenters. The van der Waals surface area contributed by atoms with E-state index in [4.69, 9.17) is 10.5 Å². The number of carbonyl (C=O) groups excluding carboxylic acids is 1. The van der Waals surface area contributed by atoms with Crippen molar-refractivity contribution in [3.8, 4) is 0 Å². The van der Waals surface area contributed by atoms with Crippen molar-refractivity contribution < 1.29 is 9.53 Å². The van der Waals surface area contributed by atoms with E-state index in [1.807, 2.05) is 0 Å². The molecule has 5 nitrogen and oxygen atoms in total. The van der Waals surface area contributed by atoms with Gasteiger partial charge in [-0.3, -0.25) is 9.69 Å². The van der Waals surface area contributed by atoms with Gasteiger partial charge in [0, 0.05) is 44.7 Å². The van der Waals surface area contributed by atoms with E-state index in [1.165, 1.54) is 12.8 Å². The van der Waals surface area contributed by atoms with Gasteiger partial charge in [0.2, 0.25) is 5.91 Å². The van der Waals surface area contributed by atoms with Crippen LogP contribution >= 0.6 is 0 Å². The molecule has 114 valence electrons. The van der Waals surface area contributed by atoms with Gasteiger partial charge < -0.3 is 15.4 Å². The summed E-state index contributed by atoms with van der Waals surface area (Å²) >= 11 is 0. The first-order valence-electron chi connectivity index (χ1n) is 7.99. The molecule has 5 heteroatoms. The first-order valence-corrected chi connectivity index (χ1v) is 7.99. The highest BCUT2D eigenvalue weighted by molar-refractivity contribution is 5.79.